The van der Waals surface area contributed by atoms with Crippen molar-refractivity contribution in [3.05, 3.63) is 58.8 Å². The van der Waals surface area contributed by atoms with Crippen molar-refractivity contribution in [1.82, 2.24) is 9.80 Å². The van der Waals surface area contributed by atoms with E-state index in [0.717, 1.165) is 13.1 Å². The van der Waals surface area contributed by atoms with Gasteiger partial charge < -0.3 is 10.6 Å². The van der Waals surface area contributed by atoms with Crippen LogP contribution in [0.1, 0.15) is 50.4 Å². The molecule has 0 aliphatic rings. The predicted molar refractivity (Wildman–Crippen MR) is 111 cm³/mol. The maximum absolute atomic E-state index is 5.73. The third kappa shape index (κ3) is 6.02. The summed E-state index contributed by atoms with van der Waals surface area (Å²) in [5.74, 6) is 0. The van der Waals surface area contributed by atoms with Gasteiger partial charge in [-0.25, -0.2) is 0 Å². The number of hydrogen-bond donors (Lipinski definition) is 1. The van der Waals surface area contributed by atoms with E-state index in [1.807, 2.05) is 6.92 Å². The molecule has 0 saturated carbocycles. The molecule has 0 heterocycles. The lowest BCUT2D eigenvalue weighted by Gasteiger charge is -2.36. The highest BCUT2D eigenvalue weighted by molar-refractivity contribution is 5.32. The van der Waals surface area contributed by atoms with Crippen LogP contribution in [0.4, 0.5) is 0 Å². The van der Waals surface area contributed by atoms with E-state index < -0.39 is 0 Å². The Hall–Kier alpha value is -1.58. The molecule has 0 aromatic heterocycles. The standard InChI is InChI=1S/C22H37N3/c1-8-10-21(13-14-23)24(7)19(5)16-25(9-2)20(6)22-15-17(3)11-12-18(22)4/h8,10-13,15,19-20H,9,14,16,23H2,1-7H3/b10-8-,21-13+. The summed E-state index contributed by atoms with van der Waals surface area (Å²) in [7, 11) is 2.16. The zero-order valence-electron chi connectivity index (χ0n) is 17.2. The fraction of sp³-hybridized carbons (Fsp3) is 0.545. The average molecular weight is 344 g/mol. The highest BCUT2D eigenvalue weighted by atomic mass is 15.2. The molecule has 0 spiro atoms. The molecule has 25 heavy (non-hydrogen) atoms. The van der Waals surface area contributed by atoms with Gasteiger partial charge in [0.25, 0.3) is 0 Å². The van der Waals surface area contributed by atoms with Crippen molar-refractivity contribution >= 4 is 0 Å². The molecule has 0 saturated heterocycles. The summed E-state index contributed by atoms with van der Waals surface area (Å²) in [6.07, 6.45) is 6.29. The zero-order valence-corrected chi connectivity index (χ0v) is 17.2. The van der Waals surface area contributed by atoms with Gasteiger partial charge in [0, 0.05) is 37.9 Å². The third-order valence-electron chi connectivity index (χ3n) is 5.07. The lowest BCUT2D eigenvalue weighted by atomic mass is 9.98. The van der Waals surface area contributed by atoms with Gasteiger partial charge >= 0.3 is 0 Å². The molecular formula is C22H37N3. The Morgan fingerprint density at radius 3 is 2.48 bits per heavy atom. The Bertz CT molecular complexity index is 589. The van der Waals surface area contributed by atoms with E-state index >= 15 is 0 Å². The van der Waals surface area contributed by atoms with Crippen LogP contribution in [-0.2, 0) is 0 Å². The molecule has 3 nitrogen and oxygen atoms in total. The molecule has 0 aliphatic carbocycles. The summed E-state index contributed by atoms with van der Waals surface area (Å²) in [5.41, 5.74) is 11.1. The van der Waals surface area contributed by atoms with Gasteiger partial charge in [0.1, 0.15) is 0 Å². The first-order valence-corrected chi connectivity index (χ1v) is 9.42. The highest BCUT2D eigenvalue weighted by Crippen LogP contribution is 2.25. The minimum atomic E-state index is 0.404. The first kappa shape index (κ1) is 21.5. The molecule has 0 amide bonds. The van der Waals surface area contributed by atoms with Crippen molar-refractivity contribution in [2.75, 3.05) is 26.7 Å². The summed E-state index contributed by atoms with van der Waals surface area (Å²) < 4.78 is 0. The van der Waals surface area contributed by atoms with Crippen molar-refractivity contribution in [3.8, 4) is 0 Å². The van der Waals surface area contributed by atoms with E-state index in [-0.39, 0.29) is 0 Å². The molecular weight excluding hydrogens is 306 g/mol. The molecule has 0 aliphatic heterocycles. The van der Waals surface area contributed by atoms with Gasteiger partial charge in [0.05, 0.1) is 0 Å². The first-order chi connectivity index (χ1) is 11.8. The summed E-state index contributed by atoms with van der Waals surface area (Å²) in [5, 5.41) is 0. The van der Waals surface area contributed by atoms with E-state index in [1.165, 1.54) is 22.4 Å². The molecule has 0 bridgehead atoms. The van der Waals surface area contributed by atoms with Gasteiger partial charge in [-0.1, -0.05) is 36.8 Å². The molecule has 1 rings (SSSR count). The number of nitrogens with zero attached hydrogens (tertiary/aromatic N) is 2. The molecule has 0 fully saturated rings. The molecule has 1 aromatic carbocycles. The molecule has 2 N–H and O–H groups in total. The van der Waals surface area contributed by atoms with Crippen LogP contribution in [0.3, 0.4) is 0 Å². The molecule has 3 heteroatoms. The normalized spacial score (nSPS) is 15.0. The number of rotatable bonds is 9. The Balaban J connectivity index is 2.93. The van der Waals surface area contributed by atoms with Crippen LogP contribution in [0, 0.1) is 13.8 Å². The molecule has 2 atom stereocenters. The van der Waals surface area contributed by atoms with Crippen molar-refractivity contribution in [2.45, 2.75) is 53.6 Å². The minimum absolute atomic E-state index is 0.404. The topological polar surface area (TPSA) is 32.5 Å². The van der Waals surface area contributed by atoms with Crippen LogP contribution >= 0.6 is 0 Å². The highest BCUT2D eigenvalue weighted by Gasteiger charge is 2.20. The van der Waals surface area contributed by atoms with Crippen molar-refractivity contribution in [3.63, 3.8) is 0 Å². The Kier molecular flexibility index (Phi) is 8.95. The quantitative estimate of drug-likeness (QED) is 0.673. The van der Waals surface area contributed by atoms with Gasteiger partial charge in [-0.3, -0.25) is 4.90 Å². The van der Waals surface area contributed by atoms with Crippen LogP contribution in [-0.4, -0.2) is 42.5 Å². The number of benzene rings is 1. The monoisotopic (exact) mass is 343 g/mol. The van der Waals surface area contributed by atoms with Crippen LogP contribution in [0.25, 0.3) is 0 Å². The fourth-order valence-corrected chi connectivity index (χ4v) is 3.31. The number of aryl methyl sites for hydroxylation is 2. The SMILES string of the molecule is C/C=C\C(=C/CN)N(C)C(C)CN(CC)C(C)c1cc(C)ccc1C. The van der Waals surface area contributed by atoms with Gasteiger partial charge in [0.15, 0.2) is 0 Å². The zero-order chi connectivity index (χ0) is 19.0. The largest absolute Gasteiger partial charge is 0.371 e. The maximum Gasteiger partial charge on any atom is 0.0385 e. The van der Waals surface area contributed by atoms with Gasteiger partial charge in [-0.15, -0.1) is 0 Å². The second-order valence-electron chi connectivity index (χ2n) is 6.95. The predicted octanol–water partition coefficient (Wildman–Crippen LogP) is 4.43. The molecule has 1 aromatic rings. The van der Waals surface area contributed by atoms with Crippen molar-refractivity contribution in [2.24, 2.45) is 5.73 Å². The summed E-state index contributed by atoms with van der Waals surface area (Å²) in [6, 6.07) is 7.57. The fourth-order valence-electron chi connectivity index (χ4n) is 3.31. The Morgan fingerprint density at radius 1 is 1.24 bits per heavy atom. The number of hydrogen-bond acceptors (Lipinski definition) is 3. The Labute approximate surface area is 155 Å². The van der Waals surface area contributed by atoms with Crippen LogP contribution < -0.4 is 5.73 Å². The van der Waals surface area contributed by atoms with Crippen molar-refractivity contribution in [1.29, 1.82) is 0 Å². The summed E-state index contributed by atoms with van der Waals surface area (Å²) >= 11 is 0. The minimum Gasteiger partial charge on any atom is -0.371 e. The maximum atomic E-state index is 5.73. The summed E-state index contributed by atoms with van der Waals surface area (Å²) in [4.78, 5) is 4.88. The smallest absolute Gasteiger partial charge is 0.0385 e. The first-order valence-electron chi connectivity index (χ1n) is 9.42. The molecule has 0 radical (unpaired) electrons. The van der Waals surface area contributed by atoms with Gasteiger partial charge in [-0.2, -0.15) is 0 Å². The second kappa shape index (κ2) is 10.4. The number of likely N-dealkylation sites (N-methyl/N-ethyl adjacent to an activating group) is 2. The van der Waals surface area contributed by atoms with Crippen molar-refractivity contribution < 1.29 is 0 Å². The van der Waals surface area contributed by atoms with Crippen LogP contribution in [0.2, 0.25) is 0 Å². The van der Waals surface area contributed by atoms with E-state index in [1.54, 1.807) is 0 Å². The lowest BCUT2D eigenvalue weighted by Crippen LogP contribution is -2.41. The number of nitrogens with two attached hydrogens (primary N) is 1. The second-order valence-corrected chi connectivity index (χ2v) is 6.95. The summed E-state index contributed by atoms with van der Waals surface area (Å²) in [6.45, 7) is 15.9. The number of allylic oxidation sites excluding steroid dienone is 2. The van der Waals surface area contributed by atoms with E-state index in [0.29, 0.717) is 18.6 Å². The van der Waals surface area contributed by atoms with Gasteiger partial charge in [-0.05, 0) is 64.4 Å². The average Bonchev–Trinajstić information content (AvgIpc) is 2.60. The van der Waals surface area contributed by atoms with Gasteiger partial charge in [0.2, 0.25) is 0 Å². The van der Waals surface area contributed by atoms with E-state index in [4.69, 9.17) is 5.73 Å². The molecule has 140 valence electrons. The van der Waals surface area contributed by atoms with Crippen LogP contribution in [0.15, 0.2) is 42.1 Å². The lowest BCUT2D eigenvalue weighted by molar-refractivity contribution is 0.165. The molecule has 2 unspecified atom stereocenters. The third-order valence-corrected chi connectivity index (χ3v) is 5.07. The van der Waals surface area contributed by atoms with Crippen LogP contribution in [0.5, 0.6) is 0 Å². The van der Waals surface area contributed by atoms with E-state index in [9.17, 15) is 0 Å². The van der Waals surface area contributed by atoms with E-state index in [2.05, 4.69) is 87.9 Å². The Morgan fingerprint density at radius 2 is 1.92 bits per heavy atom.